The highest BCUT2D eigenvalue weighted by Gasteiger charge is 2.19. The molecule has 0 heterocycles. The summed E-state index contributed by atoms with van der Waals surface area (Å²) in [4.78, 5) is 2.41. The number of hydrogen-bond acceptors (Lipinski definition) is 2. The average molecular weight is 233 g/mol. The molecule has 1 aliphatic rings. The number of nitrogens with zero attached hydrogens (tertiary/aromatic N) is 1. The predicted octanol–water partition coefficient (Wildman–Crippen LogP) is 3.85. The van der Waals surface area contributed by atoms with Gasteiger partial charge in [0, 0.05) is 18.8 Å². The number of rotatable bonds is 4. The molecule has 0 saturated heterocycles. The molecule has 1 fully saturated rings. The summed E-state index contributed by atoms with van der Waals surface area (Å²) in [5.74, 6) is 0.962. The molecule has 0 atom stereocenters. The monoisotopic (exact) mass is 233 g/mol. The third kappa shape index (κ3) is 3.15. The van der Waals surface area contributed by atoms with E-state index in [1.54, 1.807) is 0 Å². The van der Waals surface area contributed by atoms with Crippen LogP contribution in [0.3, 0.4) is 0 Å². The molecule has 94 valence electrons. The lowest BCUT2D eigenvalue weighted by Crippen LogP contribution is -2.28. The molecule has 2 nitrogen and oxygen atoms in total. The lowest BCUT2D eigenvalue weighted by Gasteiger charge is -2.26. The molecule has 2 heteroatoms. The SMILES string of the molecule is CC(C)Oc1ccc(N(C)C2CCCC2)cc1. The summed E-state index contributed by atoms with van der Waals surface area (Å²) in [7, 11) is 2.20. The Kier molecular flexibility index (Phi) is 3.93. The van der Waals surface area contributed by atoms with Crippen molar-refractivity contribution in [1.29, 1.82) is 0 Å². The average Bonchev–Trinajstić information content (AvgIpc) is 2.82. The van der Waals surface area contributed by atoms with Crippen LogP contribution in [0.15, 0.2) is 24.3 Å². The van der Waals surface area contributed by atoms with E-state index in [2.05, 4.69) is 50.1 Å². The smallest absolute Gasteiger partial charge is 0.119 e. The number of ether oxygens (including phenoxy) is 1. The van der Waals surface area contributed by atoms with Crippen molar-refractivity contribution >= 4 is 5.69 Å². The number of benzene rings is 1. The summed E-state index contributed by atoms with van der Waals surface area (Å²) in [6, 6.07) is 9.19. The van der Waals surface area contributed by atoms with E-state index in [4.69, 9.17) is 4.74 Å². The zero-order valence-corrected chi connectivity index (χ0v) is 11.1. The van der Waals surface area contributed by atoms with Crippen LogP contribution in [0.1, 0.15) is 39.5 Å². The van der Waals surface area contributed by atoms with Crippen LogP contribution in [0, 0.1) is 0 Å². The molecule has 1 aromatic rings. The van der Waals surface area contributed by atoms with Gasteiger partial charge in [0.2, 0.25) is 0 Å². The van der Waals surface area contributed by atoms with E-state index in [9.17, 15) is 0 Å². The van der Waals surface area contributed by atoms with Gasteiger partial charge in [0.1, 0.15) is 5.75 Å². The summed E-state index contributed by atoms with van der Waals surface area (Å²) >= 11 is 0. The molecular formula is C15H23NO. The minimum atomic E-state index is 0.244. The highest BCUT2D eigenvalue weighted by atomic mass is 16.5. The fourth-order valence-corrected chi connectivity index (χ4v) is 2.53. The maximum atomic E-state index is 5.66. The highest BCUT2D eigenvalue weighted by Crippen LogP contribution is 2.28. The van der Waals surface area contributed by atoms with Crippen molar-refractivity contribution in [3.05, 3.63) is 24.3 Å². The van der Waals surface area contributed by atoms with Crippen molar-refractivity contribution in [3.63, 3.8) is 0 Å². The molecule has 0 spiro atoms. The van der Waals surface area contributed by atoms with Crippen molar-refractivity contribution in [1.82, 2.24) is 0 Å². The largest absolute Gasteiger partial charge is 0.491 e. The highest BCUT2D eigenvalue weighted by molar-refractivity contribution is 5.49. The van der Waals surface area contributed by atoms with Crippen LogP contribution in [-0.2, 0) is 0 Å². The summed E-state index contributed by atoms with van der Waals surface area (Å²) in [5, 5.41) is 0. The topological polar surface area (TPSA) is 12.5 Å². The number of anilines is 1. The lowest BCUT2D eigenvalue weighted by atomic mass is 10.2. The van der Waals surface area contributed by atoms with Crippen molar-refractivity contribution in [2.24, 2.45) is 0 Å². The van der Waals surface area contributed by atoms with Gasteiger partial charge in [-0.1, -0.05) is 12.8 Å². The van der Waals surface area contributed by atoms with E-state index in [0.717, 1.165) is 11.8 Å². The van der Waals surface area contributed by atoms with Crippen LogP contribution in [0.2, 0.25) is 0 Å². The Morgan fingerprint density at radius 3 is 2.24 bits per heavy atom. The first-order chi connectivity index (χ1) is 8.16. The molecule has 1 aromatic carbocycles. The second-order valence-corrected chi connectivity index (χ2v) is 5.21. The molecule has 0 bridgehead atoms. The molecule has 1 saturated carbocycles. The molecule has 17 heavy (non-hydrogen) atoms. The first kappa shape index (κ1) is 12.3. The van der Waals surface area contributed by atoms with Crippen LogP contribution >= 0.6 is 0 Å². The first-order valence-corrected chi connectivity index (χ1v) is 6.66. The van der Waals surface area contributed by atoms with E-state index < -0.39 is 0 Å². The normalized spacial score (nSPS) is 16.5. The molecule has 0 N–H and O–H groups in total. The van der Waals surface area contributed by atoms with E-state index in [-0.39, 0.29) is 6.10 Å². The quantitative estimate of drug-likeness (QED) is 0.783. The van der Waals surface area contributed by atoms with E-state index >= 15 is 0 Å². The Morgan fingerprint density at radius 1 is 1.12 bits per heavy atom. The zero-order valence-electron chi connectivity index (χ0n) is 11.1. The maximum absolute atomic E-state index is 5.66. The Bertz CT molecular complexity index is 338. The van der Waals surface area contributed by atoms with Crippen LogP contribution < -0.4 is 9.64 Å². The Balaban J connectivity index is 2.01. The number of hydrogen-bond donors (Lipinski definition) is 0. The van der Waals surface area contributed by atoms with E-state index in [1.165, 1.54) is 31.4 Å². The fraction of sp³-hybridized carbons (Fsp3) is 0.600. The van der Waals surface area contributed by atoms with Gasteiger partial charge in [-0.25, -0.2) is 0 Å². The van der Waals surface area contributed by atoms with Gasteiger partial charge < -0.3 is 9.64 Å². The Hall–Kier alpha value is -1.18. The van der Waals surface area contributed by atoms with Gasteiger partial charge in [0.15, 0.2) is 0 Å². The zero-order chi connectivity index (χ0) is 12.3. The molecule has 0 unspecified atom stereocenters. The molecule has 0 amide bonds. The van der Waals surface area contributed by atoms with Crippen molar-refractivity contribution in [3.8, 4) is 5.75 Å². The standard InChI is InChI=1S/C15H23NO/c1-12(2)17-15-10-8-14(9-11-15)16(3)13-6-4-5-7-13/h8-13H,4-7H2,1-3H3. The lowest BCUT2D eigenvalue weighted by molar-refractivity contribution is 0.242. The van der Waals surface area contributed by atoms with E-state index in [0.29, 0.717) is 0 Å². The summed E-state index contributed by atoms with van der Waals surface area (Å²) in [5.41, 5.74) is 1.30. The van der Waals surface area contributed by atoms with Gasteiger partial charge in [-0.3, -0.25) is 0 Å². The minimum absolute atomic E-state index is 0.244. The van der Waals surface area contributed by atoms with Gasteiger partial charge in [-0.15, -0.1) is 0 Å². The van der Waals surface area contributed by atoms with Gasteiger partial charge >= 0.3 is 0 Å². The molecule has 0 aromatic heterocycles. The third-order valence-corrected chi connectivity index (χ3v) is 3.49. The van der Waals surface area contributed by atoms with Crippen molar-refractivity contribution in [2.75, 3.05) is 11.9 Å². The predicted molar refractivity (Wildman–Crippen MR) is 72.9 cm³/mol. The van der Waals surface area contributed by atoms with Crippen LogP contribution in [0.5, 0.6) is 5.75 Å². The molecule has 0 aliphatic heterocycles. The fourth-order valence-electron chi connectivity index (χ4n) is 2.53. The summed E-state index contributed by atoms with van der Waals surface area (Å²) < 4.78 is 5.66. The molecule has 1 aliphatic carbocycles. The first-order valence-electron chi connectivity index (χ1n) is 6.66. The Morgan fingerprint density at radius 2 is 1.71 bits per heavy atom. The maximum Gasteiger partial charge on any atom is 0.119 e. The van der Waals surface area contributed by atoms with Gasteiger partial charge in [-0.2, -0.15) is 0 Å². The van der Waals surface area contributed by atoms with E-state index in [1.807, 2.05) is 0 Å². The molecule has 2 rings (SSSR count). The van der Waals surface area contributed by atoms with Crippen molar-refractivity contribution in [2.45, 2.75) is 51.7 Å². The van der Waals surface area contributed by atoms with Crippen LogP contribution in [0.4, 0.5) is 5.69 Å². The van der Waals surface area contributed by atoms with Crippen molar-refractivity contribution < 1.29 is 4.74 Å². The molecule has 0 radical (unpaired) electrons. The van der Waals surface area contributed by atoms with Gasteiger partial charge in [-0.05, 0) is 51.0 Å². The Labute approximate surface area is 105 Å². The third-order valence-electron chi connectivity index (χ3n) is 3.49. The van der Waals surface area contributed by atoms with Crippen LogP contribution in [-0.4, -0.2) is 19.2 Å². The summed E-state index contributed by atoms with van der Waals surface area (Å²) in [6.45, 7) is 4.11. The van der Waals surface area contributed by atoms with Gasteiger partial charge in [0.25, 0.3) is 0 Å². The minimum Gasteiger partial charge on any atom is -0.491 e. The van der Waals surface area contributed by atoms with Gasteiger partial charge in [0.05, 0.1) is 6.10 Å². The molecular weight excluding hydrogens is 210 g/mol. The summed E-state index contributed by atoms with van der Waals surface area (Å²) in [6.07, 6.45) is 5.67. The second-order valence-electron chi connectivity index (χ2n) is 5.21. The second kappa shape index (κ2) is 5.44. The van der Waals surface area contributed by atoms with Crippen LogP contribution in [0.25, 0.3) is 0 Å².